The molecule has 0 radical (unpaired) electrons. The number of carbonyl (C=O) groups is 1. The van der Waals surface area contributed by atoms with Gasteiger partial charge in [-0.3, -0.25) is 4.79 Å². The van der Waals surface area contributed by atoms with E-state index in [2.05, 4.69) is 10.3 Å². The molecule has 0 spiro atoms. The van der Waals surface area contributed by atoms with Gasteiger partial charge in [-0.1, -0.05) is 0 Å². The molecule has 5 N–H and O–H groups in total. The van der Waals surface area contributed by atoms with Crippen LogP contribution in [0.4, 0.5) is 5.82 Å². The number of hydrogen-bond acceptors (Lipinski definition) is 4. The molecule has 1 saturated carbocycles. The topological polar surface area (TPSA) is 94.0 Å². The first-order chi connectivity index (χ1) is 8.66. The van der Waals surface area contributed by atoms with Gasteiger partial charge in [0.05, 0.1) is 5.56 Å². The van der Waals surface area contributed by atoms with E-state index in [0.29, 0.717) is 23.3 Å². The Kier molecular flexibility index (Phi) is 4.15. The molecule has 1 fully saturated rings. The molecular formula is C13H20N4O. The molecule has 5 nitrogen and oxygen atoms in total. The molecule has 0 aliphatic heterocycles. The van der Waals surface area contributed by atoms with Crippen LogP contribution in [0.2, 0.25) is 0 Å². The number of pyridine rings is 1. The molecule has 1 amide bonds. The first-order valence-corrected chi connectivity index (χ1v) is 6.41. The summed E-state index contributed by atoms with van der Waals surface area (Å²) in [6.45, 7) is 0.823. The molecule has 0 saturated heterocycles. The molecule has 1 aromatic heterocycles. The summed E-state index contributed by atoms with van der Waals surface area (Å²) >= 11 is 0. The molecule has 5 heteroatoms. The highest BCUT2D eigenvalue weighted by atomic mass is 16.1. The van der Waals surface area contributed by atoms with Gasteiger partial charge < -0.3 is 16.8 Å². The van der Waals surface area contributed by atoms with Crippen LogP contribution in [0.5, 0.6) is 0 Å². The average Bonchev–Trinajstić information content (AvgIpc) is 2.38. The summed E-state index contributed by atoms with van der Waals surface area (Å²) in [7, 11) is 0. The van der Waals surface area contributed by atoms with Crippen molar-refractivity contribution in [2.75, 3.05) is 11.9 Å². The SMILES string of the molecule is NC(=O)c1cccnc1NCC1CCC(N)CC1. The van der Waals surface area contributed by atoms with E-state index in [9.17, 15) is 4.79 Å². The Hall–Kier alpha value is -1.62. The number of nitrogens with one attached hydrogen (secondary N) is 1. The number of hydrogen-bond donors (Lipinski definition) is 3. The summed E-state index contributed by atoms with van der Waals surface area (Å²) in [5.74, 6) is 0.740. The van der Waals surface area contributed by atoms with Crippen LogP contribution in [0.3, 0.4) is 0 Å². The molecule has 18 heavy (non-hydrogen) atoms. The van der Waals surface area contributed by atoms with Gasteiger partial charge in [-0.2, -0.15) is 0 Å². The fraction of sp³-hybridized carbons (Fsp3) is 0.538. The minimum absolute atomic E-state index is 0.359. The van der Waals surface area contributed by atoms with Gasteiger partial charge in [0.1, 0.15) is 5.82 Å². The number of amides is 1. The third-order valence-electron chi connectivity index (χ3n) is 3.52. The zero-order valence-electron chi connectivity index (χ0n) is 10.4. The molecular weight excluding hydrogens is 228 g/mol. The zero-order valence-corrected chi connectivity index (χ0v) is 10.4. The lowest BCUT2D eigenvalue weighted by molar-refractivity contribution is 0.100. The summed E-state index contributed by atoms with van der Waals surface area (Å²) < 4.78 is 0. The Morgan fingerprint density at radius 2 is 2.11 bits per heavy atom. The molecule has 0 unspecified atom stereocenters. The molecule has 98 valence electrons. The Morgan fingerprint density at radius 1 is 1.39 bits per heavy atom. The van der Waals surface area contributed by atoms with Crippen LogP contribution in [0.25, 0.3) is 0 Å². The van der Waals surface area contributed by atoms with E-state index in [1.54, 1.807) is 18.3 Å². The lowest BCUT2D eigenvalue weighted by Gasteiger charge is -2.26. The smallest absolute Gasteiger partial charge is 0.252 e. The molecule has 2 rings (SSSR count). The quantitative estimate of drug-likeness (QED) is 0.744. The zero-order chi connectivity index (χ0) is 13.0. The number of anilines is 1. The number of primary amides is 1. The van der Waals surface area contributed by atoms with E-state index in [-0.39, 0.29) is 0 Å². The standard InChI is InChI=1S/C13H20N4O/c14-10-5-3-9(4-6-10)8-17-13-11(12(15)18)2-1-7-16-13/h1-2,7,9-10H,3-6,8,14H2,(H2,15,18)(H,16,17). The maximum atomic E-state index is 11.2. The maximum Gasteiger partial charge on any atom is 0.252 e. The van der Waals surface area contributed by atoms with Gasteiger partial charge in [0.25, 0.3) is 5.91 Å². The van der Waals surface area contributed by atoms with Crippen LogP contribution in [0.1, 0.15) is 36.0 Å². The lowest BCUT2D eigenvalue weighted by atomic mass is 9.86. The summed E-state index contributed by atoms with van der Waals surface area (Å²) in [6, 6.07) is 3.76. The molecule has 1 aliphatic carbocycles. The third-order valence-corrected chi connectivity index (χ3v) is 3.52. The Balaban J connectivity index is 1.92. The van der Waals surface area contributed by atoms with Crippen LogP contribution in [0, 0.1) is 5.92 Å². The largest absolute Gasteiger partial charge is 0.369 e. The summed E-state index contributed by atoms with van der Waals surface area (Å²) in [5, 5.41) is 3.23. The minimum Gasteiger partial charge on any atom is -0.369 e. The highest BCUT2D eigenvalue weighted by molar-refractivity contribution is 5.97. The van der Waals surface area contributed by atoms with E-state index < -0.39 is 5.91 Å². The van der Waals surface area contributed by atoms with Crippen molar-refractivity contribution >= 4 is 11.7 Å². The van der Waals surface area contributed by atoms with E-state index >= 15 is 0 Å². The van der Waals surface area contributed by atoms with Crippen molar-refractivity contribution in [3.8, 4) is 0 Å². The van der Waals surface area contributed by atoms with Gasteiger partial charge >= 0.3 is 0 Å². The molecule has 1 aromatic rings. The van der Waals surface area contributed by atoms with Gasteiger partial charge in [-0.25, -0.2) is 4.98 Å². The Labute approximate surface area is 107 Å². The molecule has 1 aliphatic rings. The van der Waals surface area contributed by atoms with Gasteiger partial charge in [0.15, 0.2) is 0 Å². The predicted molar refractivity (Wildman–Crippen MR) is 71.2 cm³/mol. The fourth-order valence-electron chi connectivity index (χ4n) is 2.38. The van der Waals surface area contributed by atoms with Crippen molar-refractivity contribution in [1.29, 1.82) is 0 Å². The monoisotopic (exact) mass is 248 g/mol. The van der Waals surface area contributed by atoms with Crippen LogP contribution in [-0.2, 0) is 0 Å². The summed E-state index contributed by atoms with van der Waals surface area (Å²) in [5.41, 5.74) is 11.6. The van der Waals surface area contributed by atoms with Gasteiger partial charge in [0, 0.05) is 18.8 Å². The second-order valence-corrected chi connectivity index (χ2v) is 4.93. The Morgan fingerprint density at radius 3 is 2.78 bits per heavy atom. The number of rotatable bonds is 4. The van der Waals surface area contributed by atoms with E-state index in [1.165, 1.54) is 0 Å². The normalized spacial score (nSPS) is 23.6. The van der Waals surface area contributed by atoms with Crippen molar-refractivity contribution in [1.82, 2.24) is 4.98 Å². The highest BCUT2D eigenvalue weighted by Crippen LogP contribution is 2.23. The number of aromatic nitrogens is 1. The highest BCUT2D eigenvalue weighted by Gasteiger charge is 2.19. The average molecular weight is 248 g/mol. The number of nitrogens with zero attached hydrogens (tertiary/aromatic N) is 1. The van der Waals surface area contributed by atoms with Gasteiger partial charge in [-0.05, 0) is 43.7 Å². The van der Waals surface area contributed by atoms with Crippen molar-refractivity contribution < 1.29 is 4.79 Å². The number of carbonyl (C=O) groups excluding carboxylic acids is 1. The van der Waals surface area contributed by atoms with Crippen molar-refractivity contribution in [3.63, 3.8) is 0 Å². The lowest BCUT2D eigenvalue weighted by Crippen LogP contribution is -2.29. The van der Waals surface area contributed by atoms with Crippen molar-refractivity contribution in [2.45, 2.75) is 31.7 Å². The summed E-state index contributed by atoms with van der Waals surface area (Å²) in [4.78, 5) is 15.4. The first kappa shape index (κ1) is 12.8. The van der Waals surface area contributed by atoms with E-state index in [1.807, 2.05) is 0 Å². The summed E-state index contributed by atoms with van der Waals surface area (Å²) in [6.07, 6.45) is 6.08. The van der Waals surface area contributed by atoms with Crippen LogP contribution in [0.15, 0.2) is 18.3 Å². The molecule has 0 atom stereocenters. The Bertz CT molecular complexity index is 413. The van der Waals surface area contributed by atoms with Crippen molar-refractivity contribution in [2.24, 2.45) is 17.4 Å². The van der Waals surface area contributed by atoms with Crippen LogP contribution < -0.4 is 16.8 Å². The molecule has 0 bridgehead atoms. The molecule has 0 aromatic carbocycles. The van der Waals surface area contributed by atoms with Gasteiger partial charge in [-0.15, -0.1) is 0 Å². The fourth-order valence-corrected chi connectivity index (χ4v) is 2.38. The number of nitrogens with two attached hydrogens (primary N) is 2. The maximum absolute atomic E-state index is 11.2. The van der Waals surface area contributed by atoms with Crippen LogP contribution >= 0.6 is 0 Å². The third kappa shape index (κ3) is 3.20. The second-order valence-electron chi connectivity index (χ2n) is 4.93. The van der Waals surface area contributed by atoms with E-state index in [0.717, 1.165) is 32.2 Å². The minimum atomic E-state index is -0.448. The predicted octanol–water partition coefficient (Wildman–Crippen LogP) is 1.11. The molecule has 1 heterocycles. The second kappa shape index (κ2) is 5.82. The van der Waals surface area contributed by atoms with Crippen molar-refractivity contribution in [3.05, 3.63) is 23.9 Å². The van der Waals surface area contributed by atoms with E-state index in [4.69, 9.17) is 11.5 Å². The van der Waals surface area contributed by atoms with Crippen LogP contribution in [-0.4, -0.2) is 23.5 Å². The first-order valence-electron chi connectivity index (χ1n) is 6.41. The van der Waals surface area contributed by atoms with Gasteiger partial charge in [0.2, 0.25) is 0 Å².